The standard InChI is InChI=1S/C19H23N7O7S3/c1-11(27)26(13-5-3-2-4-12(13)6-20)14-15(28)24-7-19(17(29)30,8-34-16(14)24)9-35-18-21-22-23-25(18)10-36(31,32)33/h2-5,14,16H,6-10,20H2,1H3,(H,29,30)(H,31,32,33)/t14?,16-,19?/m1/s1. The third kappa shape index (κ3) is 4.93. The zero-order chi connectivity index (χ0) is 26.3. The zero-order valence-corrected chi connectivity index (χ0v) is 21.4. The van der Waals surface area contributed by atoms with Crippen LogP contribution in [0.15, 0.2) is 29.4 Å². The Balaban J connectivity index is 1.53. The summed E-state index contributed by atoms with van der Waals surface area (Å²) in [5, 5.41) is 20.2. The van der Waals surface area contributed by atoms with Gasteiger partial charge in [0.15, 0.2) is 5.88 Å². The summed E-state index contributed by atoms with van der Waals surface area (Å²) >= 11 is 2.17. The number of carboxylic acid groups (broad SMARTS) is 1. The molecule has 3 heterocycles. The number of aliphatic carboxylic acids is 1. The van der Waals surface area contributed by atoms with Gasteiger partial charge in [-0.15, -0.1) is 16.9 Å². The Labute approximate surface area is 214 Å². The van der Waals surface area contributed by atoms with Crippen molar-refractivity contribution in [2.24, 2.45) is 11.1 Å². The number of thioether (sulfide) groups is 2. The number of β-lactam (4-membered cyclic amide) rings is 1. The molecule has 0 radical (unpaired) electrons. The number of hydrogen-bond acceptors (Lipinski definition) is 11. The molecule has 2 unspecified atom stereocenters. The Morgan fingerprint density at radius 3 is 2.72 bits per heavy atom. The maximum atomic E-state index is 13.2. The van der Waals surface area contributed by atoms with Crippen molar-refractivity contribution in [1.82, 2.24) is 25.1 Å². The lowest BCUT2D eigenvalue weighted by atomic mass is 9.89. The maximum Gasteiger partial charge on any atom is 0.313 e. The first kappa shape index (κ1) is 26.3. The summed E-state index contributed by atoms with van der Waals surface area (Å²) < 4.78 is 32.3. The number of para-hydroxylation sites is 1. The quantitative estimate of drug-likeness (QED) is 0.202. The van der Waals surface area contributed by atoms with E-state index in [-0.39, 0.29) is 41.6 Å². The van der Waals surface area contributed by atoms with E-state index in [9.17, 15) is 27.9 Å². The number of hydrogen-bond donors (Lipinski definition) is 3. The molecule has 3 atom stereocenters. The van der Waals surface area contributed by atoms with Crippen LogP contribution in [0.1, 0.15) is 12.5 Å². The van der Waals surface area contributed by atoms with Gasteiger partial charge in [0.2, 0.25) is 17.0 Å². The van der Waals surface area contributed by atoms with Crippen molar-refractivity contribution in [3.8, 4) is 0 Å². The molecule has 4 rings (SSSR count). The number of nitrogens with two attached hydrogens (primary N) is 1. The minimum absolute atomic E-state index is 0.00864. The summed E-state index contributed by atoms with van der Waals surface area (Å²) in [4.78, 5) is 41.0. The number of carbonyl (C=O) groups is 3. The van der Waals surface area contributed by atoms with Gasteiger partial charge in [-0.3, -0.25) is 23.8 Å². The van der Waals surface area contributed by atoms with Crippen molar-refractivity contribution < 1.29 is 32.5 Å². The van der Waals surface area contributed by atoms with Crippen LogP contribution in [0.3, 0.4) is 0 Å². The molecule has 36 heavy (non-hydrogen) atoms. The van der Waals surface area contributed by atoms with Crippen LogP contribution in [0.2, 0.25) is 0 Å². The first-order valence-corrected chi connectivity index (χ1v) is 14.2. The summed E-state index contributed by atoms with van der Waals surface area (Å²) in [6.07, 6.45) is 0. The van der Waals surface area contributed by atoms with Gasteiger partial charge in [0, 0.05) is 37.2 Å². The van der Waals surface area contributed by atoms with Crippen molar-refractivity contribution in [2.45, 2.75) is 35.9 Å². The summed E-state index contributed by atoms with van der Waals surface area (Å²) in [6.45, 7) is 1.44. The number of fused-ring (bicyclic) bond motifs is 1. The number of carbonyl (C=O) groups excluding carboxylic acids is 2. The van der Waals surface area contributed by atoms with Gasteiger partial charge in [-0.1, -0.05) is 30.0 Å². The maximum absolute atomic E-state index is 13.2. The minimum atomic E-state index is -4.41. The van der Waals surface area contributed by atoms with Gasteiger partial charge in [-0.05, 0) is 22.1 Å². The van der Waals surface area contributed by atoms with Gasteiger partial charge >= 0.3 is 5.97 Å². The molecule has 14 nitrogen and oxygen atoms in total. The van der Waals surface area contributed by atoms with Crippen molar-refractivity contribution in [3.63, 3.8) is 0 Å². The highest BCUT2D eigenvalue weighted by Crippen LogP contribution is 2.46. The van der Waals surface area contributed by atoms with E-state index in [1.165, 1.54) is 28.5 Å². The fraction of sp³-hybridized carbons (Fsp3) is 0.474. The lowest BCUT2D eigenvalue weighted by molar-refractivity contribution is -0.156. The first-order valence-electron chi connectivity index (χ1n) is 10.5. The SMILES string of the molecule is CC(=O)N(c1ccccc1CN)C1C(=O)N2CC(CSc3nnnn3CS(=O)(=O)O)(C(=O)O)CS[C@H]12. The van der Waals surface area contributed by atoms with Gasteiger partial charge in [-0.25, -0.2) is 4.68 Å². The molecule has 0 bridgehead atoms. The molecule has 17 heteroatoms. The molecule has 2 amide bonds. The van der Waals surface area contributed by atoms with E-state index >= 15 is 0 Å². The smallest absolute Gasteiger partial charge is 0.313 e. The minimum Gasteiger partial charge on any atom is -0.481 e. The van der Waals surface area contributed by atoms with Gasteiger partial charge in [0.25, 0.3) is 10.1 Å². The van der Waals surface area contributed by atoms with E-state index in [4.69, 9.17) is 10.3 Å². The number of rotatable bonds is 9. The monoisotopic (exact) mass is 557 g/mol. The van der Waals surface area contributed by atoms with Gasteiger partial charge < -0.3 is 15.7 Å². The van der Waals surface area contributed by atoms with Crippen LogP contribution in [0.25, 0.3) is 0 Å². The van der Waals surface area contributed by atoms with Crippen LogP contribution < -0.4 is 10.6 Å². The molecule has 0 saturated carbocycles. The summed E-state index contributed by atoms with van der Waals surface area (Å²) in [5.41, 5.74) is 5.71. The first-order chi connectivity index (χ1) is 17.0. The van der Waals surface area contributed by atoms with E-state index in [1.807, 2.05) is 0 Å². The Kier molecular flexibility index (Phi) is 7.29. The highest BCUT2D eigenvalue weighted by Gasteiger charge is 2.59. The Hall–Kier alpha value is -2.73. The molecular formula is C19H23N7O7S3. The summed E-state index contributed by atoms with van der Waals surface area (Å²) in [6, 6.07) is 6.26. The Morgan fingerprint density at radius 2 is 2.08 bits per heavy atom. The van der Waals surface area contributed by atoms with E-state index in [1.54, 1.807) is 24.3 Å². The predicted molar refractivity (Wildman–Crippen MR) is 129 cm³/mol. The third-order valence-corrected chi connectivity index (χ3v) is 9.31. The van der Waals surface area contributed by atoms with Crippen LogP contribution >= 0.6 is 23.5 Å². The fourth-order valence-electron chi connectivity index (χ4n) is 4.16. The predicted octanol–water partition coefficient (Wildman–Crippen LogP) is -0.523. The molecular weight excluding hydrogens is 534 g/mol. The normalized spacial score (nSPS) is 23.6. The second-order valence-electron chi connectivity index (χ2n) is 8.38. The molecule has 4 N–H and O–H groups in total. The molecule has 194 valence electrons. The number of benzene rings is 1. The van der Waals surface area contributed by atoms with Crippen molar-refractivity contribution in [1.29, 1.82) is 0 Å². The van der Waals surface area contributed by atoms with E-state index in [2.05, 4.69) is 15.5 Å². The second-order valence-corrected chi connectivity index (χ2v) is 11.9. The number of tetrazole rings is 1. The highest BCUT2D eigenvalue weighted by atomic mass is 32.2. The molecule has 2 aliphatic rings. The molecule has 0 spiro atoms. The number of aromatic nitrogens is 4. The fourth-order valence-corrected chi connectivity index (χ4v) is 7.51. The zero-order valence-electron chi connectivity index (χ0n) is 18.9. The molecule has 2 fully saturated rings. The molecule has 2 aliphatic heterocycles. The lowest BCUT2D eigenvalue weighted by Crippen LogP contribution is -2.74. The summed E-state index contributed by atoms with van der Waals surface area (Å²) in [7, 11) is -4.41. The molecule has 0 aliphatic carbocycles. The van der Waals surface area contributed by atoms with Crippen LogP contribution in [-0.4, -0.2) is 90.4 Å². The van der Waals surface area contributed by atoms with Gasteiger partial charge in [0.1, 0.15) is 16.8 Å². The average molecular weight is 558 g/mol. The molecule has 2 saturated heterocycles. The molecule has 1 aromatic heterocycles. The van der Waals surface area contributed by atoms with E-state index < -0.39 is 38.8 Å². The van der Waals surface area contributed by atoms with Crippen LogP contribution in [0.4, 0.5) is 5.69 Å². The van der Waals surface area contributed by atoms with E-state index in [0.29, 0.717) is 11.3 Å². The van der Waals surface area contributed by atoms with Crippen molar-refractivity contribution in [3.05, 3.63) is 29.8 Å². The second kappa shape index (κ2) is 9.97. The summed E-state index contributed by atoms with van der Waals surface area (Å²) in [5.74, 6) is -2.65. The lowest BCUT2D eigenvalue weighted by Gasteiger charge is -2.56. The number of carboxylic acids is 1. The van der Waals surface area contributed by atoms with Crippen molar-refractivity contribution >= 4 is 57.1 Å². The van der Waals surface area contributed by atoms with Crippen LogP contribution in [0.5, 0.6) is 0 Å². The largest absolute Gasteiger partial charge is 0.481 e. The van der Waals surface area contributed by atoms with Crippen LogP contribution in [0, 0.1) is 5.41 Å². The molecule has 2 aromatic rings. The third-order valence-electron chi connectivity index (χ3n) is 5.92. The Morgan fingerprint density at radius 1 is 1.36 bits per heavy atom. The number of nitrogens with zero attached hydrogens (tertiary/aromatic N) is 6. The van der Waals surface area contributed by atoms with Gasteiger partial charge in [0.05, 0.1) is 0 Å². The highest BCUT2D eigenvalue weighted by molar-refractivity contribution is 8.00. The van der Waals surface area contributed by atoms with Crippen LogP contribution in [-0.2, 0) is 36.9 Å². The van der Waals surface area contributed by atoms with Crippen molar-refractivity contribution in [2.75, 3.05) is 23.0 Å². The Bertz CT molecular complexity index is 1300. The number of amides is 2. The topological polar surface area (TPSA) is 202 Å². The number of anilines is 1. The average Bonchev–Trinajstić information content (AvgIpc) is 3.25. The molecule has 1 aromatic carbocycles. The van der Waals surface area contributed by atoms with E-state index in [0.717, 1.165) is 16.4 Å². The van der Waals surface area contributed by atoms with Gasteiger partial charge in [-0.2, -0.15) is 8.42 Å².